The van der Waals surface area contributed by atoms with Crippen LogP contribution in [0.15, 0.2) is 24.3 Å². The number of carbonyl (C=O) groups excluding carboxylic acids is 1. The molecule has 1 aliphatic carbocycles. The smallest absolute Gasteiger partial charge is 0.221 e. The van der Waals surface area contributed by atoms with Crippen molar-refractivity contribution in [2.75, 3.05) is 6.54 Å². The number of benzene rings is 1. The normalized spacial score (nSPS) is 16.3. The number of nitrogens with one attached hydrogen (secondary N) is 2. The highest BCUT2D eigenvalue weighted by Crippen LogP contribution is 2.21. The summed E-state index contributed by atoms with van der Waals surface area (Å²) in [5.41, 5.74) is 2.75. The van der Waals surface area contributed by atoms with Crippen LogP contribution < -0.4 is 10.6 Å². The molecule has 98 valence electrons. The molecule has 0 bridgehead atoms. The van der Waals surface area contributed by atoms with Gasteiger partial charge in [-0.2, -0.15) is 0 Å². The van der Waals surface area contributed by atoms with Crippen LogP contribution in [0.25, 0.3) is 0 Å². The van der Waals surface area contributed by atoms with E-state index in [0.717, 1.165) is 19.4 Å². The second-order valence-electron chi connectivity index (χ2n) is 5.10. The topological polar surface area (TPSA) is 41.1 Å². The van der Waals surface area contributed by atoms with Gasteiger partial charge in [0.05, 0.1) is 0 Å². The second kappa shape index (κ2) is 6.01. The van der Waals surface area contributed by atoms with Gasteiger partial charge in [-0.05, 0) is 37.4 Å². The van der Waals surface area contributed by atoms with Gasteiger partial charge in [0.15, 0.2) is 0 Å². The van der Waals surface area contributed by atoms with Gasteiger partial charge < -0.3 is 10.6 Å². The monoisotopic (exact) mass is 246 g/mol. The molecule has 1 aromatic rings. The van der Waals surface area contributed by atoms with E-state index in [9.17, 15) is 4.79 Å². The van der Waals surface area contributed by atoms with Crippen LogP contribution in [0.2, 0.25) is 0 Å². The average molecular weight is 246 g/mol. The Bertz CT molecular complexity index is 392. The molecular formula is C15H22N2O. The lowest BCUT2D eigenvalue weighted by Gasteiger charge is -2.15. The predicted octanol–water partition coefficient (Wildman–Crippen LogP) is 1.66. The van der Waals surface area contributed by atoms with Crippen LogP contribution in [0, 0.1) is 0 Å². The van der Waals surface area contributed by atoms with E-state index in [0.29, 0.717) is 6.42 Å². The molecule has 3 nitrogen and oxygen atoms in total. The van der Waals surface area contributed by atoms with E-state index in [-0.39, 0.29) is 18.0 Å². The third-order valence-corrected chi connectivity index (χ3v) is 3.46. The summed E-state index contributed by atoms with van der Waals surface area (Å²) in [6.07, 6.45) is 2.50. The van der Waals surface area contributed by atoms with Crippen molar-refractivity contribution in [3.63, 3.8) is 0 Å². The van der Waals surface area contributed by atoms with Crippen molar-refractivity contribution < 1.29 is 4.79 Å². The van der Waals surface area contributed by atoms with Crippen LogP contribution in [0.4, 0.5) is 0 Å². The number of carbonyl (C=O) groups is 1. The molecule has 0 spiro atoms. The zero-order chi connectivity index (χ0) is 13.0. The van der Waals surface area contributed by atoms with Gasteiger partial charge in [-0.15, -0.1) is 0 Å². The molecule has 0 radical (unpaired) electrons. The van der Waals surface area contributed by atoms with E-state index in [4.69, 9.17) is 0 Å². The van der Waals surface area contributed by atoms with Gasteiger partial charge in [0.2, 0.25) is 5.91 Å². The summed E-state index contributed by atoms with van der Waals surface area (Å²) in [6.45, 7) is 5.01. The maximum atomic E-state index is 11.9. The summed E-state index contributed by atoms with van der Waals surface area (Å²) in [4.78, 5) is 11.9. The molecule has 1 unspecified atom stereocenters. The fourth-order valence-electron chi connectivity index (χ4n) is 2.65. The Kier molecular flexibility index (Phi) is 4.37. The molecular weight excluding hydrogens is 224 g/mol. The van der Waals surface area contributed by atoms with Crippen molar-refractivity contribution in [3.8, 4) is 0 Å². The van der Waals surface area contributed by atoms with Crippen LogP contribution >= 0.6 is 0 Å². The molecule has 1 atom stereocenters. The van der Waals surface area contributed by atoms with Crippen LogP contribution in [0.5, 0.6) is 0 Å². The number of fused-ring (bicyclic) bond motifs is 1. The standard InChI is InChI=1S/C15H22N2O/c1-3-16-11(2)8-15(18)17-14-9-12-6-4-5-7-13(12)10-14/h4-7,11,14,16H,3,8-10H2,1-2H3,(H,17,18). The van der Waals surface area contributed by atoms with E-state index in [2.05, 4.69) is 41.8 Å². The predicted molar refractivity (Wildman–Crippen MR) is 73.5 cm³/mol. The molecule has 1 amide bonds. The Morgan fingerprint density at radius 2 is 1.94 bits per heavy atom. The molecule has 1 aliphatic rings. The maximum Gasteiger partial charge on any atom is 0.221 e. The Labute approximate surface area is 109 Å². The van der Waals surface area contributed by atoms with E-state index in [1.54, 1.807) is 0 Å². The van der Waals surface area contributed by atoms with Gasteiger partial charge >= 0.3 is 0 Å². The van der Waals surface area contributed by atoms with Crippen molar-refractivity contribution in [2.45, 2.75) is 45.2 Å². The Balaban J connectivity index is 1.81. The van der Waals surface area contributed by atoms with Crippen molar-refractivity contribution in [1.29, 1.82) is 0 Å². The number of hydrogen-bond acceptors (Lipinski definition) is 2. The Morgan fingerprint density at radius 1 is 1.33 bits per heavy atom. The molecule has 1 aromatic carbocycles. The van der Waals surface area contributed by atoms with Crippen molar-refractivity contribution in [2.24, 2.45) is 0 Å². The molecule has 0 aliphatic heterocycles. The van der Waals surface area contributed by atoms with Crippen molar-refractivity contribution in [3.05, 3.63) is 35.4 Å². The second-order valence-corrected chi connectivity index (χ2v) is 5.10. The van der Waals surface area contributed by atoms with Crippen LogP contribution in [-0.2, 0) is 17.6 Å². The van der Waals surface area contributed by atoms with E-state index < -0.39 is 0 Å². The number of rotatable bonds is 5. The minimum absolute atomic E-state index is 0.154. The molecule has 0 aromatic heterocycles. The lowest BCUT2D eigenvalue weighted by atomic mass is 10.1. The first kappa shape index (κ1) is 13.1. The van der Waals surface area contributed by atoms with Crippen molar-refractivity contribution >= 4 is 5.91 Å². The highest BCUT2D eigenvalue weighted by molar-refractivity contribution is 5.77. The lowest BCUT2D eigenvalue weighted by molar-refractivity contribution is -0.122. The molecule has 18 heavy (non-hydrogen) atoms. The molecule has 0 fully saturated rings. The highest BCUT2D eigenvalue weighted by Gasteiger charge is 2.22. The maximum absolute atomic E-state index is 11.9. The quantitative estimate of drug-likeness (QED) is 0.829. The first-order valence-electron chi connectivity index (χ1n) is 6.78. The summed E-state index contributed by atoms with van der Waals surface area (Å²) in [5, 5.41) is 6.39. The minimum atomic E-state index is 0.154. The van der Waals surface area contributed by atoms with Crippen LogP contribution in [0.1, 0.15) is 31.4 Å². The Hall–Kier alpha value is -1.35. The van der Waals surface area contributed by atoms with Gasteiger partial charge in [0.25, 0.3) is 0 Å². The van der Waals surface area contributed by atoms with E-state index in [1.165, 1.54) is 11.1 Å². The van der Waals surface area contributed by atoms with E-state index in [1.807, 2.05) is 6.92 Å². The van der Waals surface area contributed by atoms with Gasteiger partial charge in [0.1, 0.15) is 0 Å². The van der Waals surface area contributed by atoms with Gasteiger partial charge in [-0.3, -0.25) is 4.79 Å². The van der Waals surface area contributed by atoms with Gasteiger partial charge in [-0.25, -0.2) is 0 Å². The third kappa shape index (κ3) is 3.33. The molecule has 0 saturated carbocycles. The zero-order valence-corrected chi connectivity index (χ0v) is 11.2. The average Bonchev–Trinajstić information content (AvgIpc) is 2.70. The van der Waals surface area contributed by atoms with Crippen LogP contribution in [-0.4, -0.2) is 24.5 Å². The third-order valence-electron chi connectivity index (χ3n) is 3.46. The molecule has 0 heterocycles. The van der Waals surface area contributed by atoms with Gasteiger partial charge in [-0.1, -0.05) is 31.2 Å². The highest BCUT2D eigenvalue weighted by atomic mass is 16.1. The summed E-state index contributed by atoms with van der Waals surface area (Å²) < 4.78 is 0. The first-order valence-corrected chi connectivity index (χ1v) is 6.78. The van der Waals surface area contributed by atoms with Gasteiger partial charge in [0, 0.05) is 18.5 Å². The SMILES string of the molecule is CCNC(C)CC(=O)NC1Cc2ccccc2C1. The molecule has 0 saturated heterocycles. The molecule has 2 N–H and O–H groups in total. The summed E-state index contributed by atoms with van der Waals surface area (Å²) in [6, 6.07) is 8.97. The summed E-state index contributed by atoms with van der Waals surface area (Å²) in [5.74, 6) is 0.154. The number of amides is 1. The largest absolute Gasteiger partial charge is 0.353 e. The summed E-state index contributed by atoms with van der Waals surface area (Å²) >= 11 is 0. The summed E-state index contributed by atoms with van der Waals surface area (Å²) in [7, 11) is 0. The number of hydrogen-bond donors (Lipinski definition) is 2. The molecule has 2 rings (SSSR count). The van der Waals surface area contributed by atoms with E-state index >= 15 is 0 Å². The fraction of sp³-hybridized carbons (Fsp3) is 0.533. The molecule has 3 heteroatoms. The lowest BCUT2D eigenvalue weighted by Crippen LogP contribution is -2.39. The minimum Gasteiger partial charge on any atom is -0.353 e. The zero-order valence-electron chi connectivity index (χ0n) is 11.2. The van der Waals surface area contributed by atoms with Crippen LogP contribution in [0.3, 0.4) is 0 Å². The first-order chi connectivity index (χ1) is 8.69. The Morgan fingerprint density at radius 3 is 2.50 bits per heavy atom. The fourth-order valence-corrected chi connectivity index (χ4v) is 2.65. The van der Waals surface area contributed by atoms with Crippen molar-refractivity contribution in [1.82, 2.24) is 10.6 Å².